The molecule has 0 atom stereocenters. The van der Waals surface area contributed by atoms with Gasteiger partial charge in [-0.2, -0.15) is 0 Å². The first-order valence-corrected chi connectivity index (χ1v) is 11.5. The van der Waals surface area contributed by atoms with Gasteiger partial charge in [-0.1, -0.05) is 48.5 Å². The Morgan fingerprint density at radius 1 is 0.853 bits per heavy atom. The molecule has 4 rings (SSSR count). The SMILES string of the molecule is CC(=O)Oc1cccc(C(=O)N2CCC(CNC(=O)c3ccc(-c4ccccc4)cc3)CC2)c1. The number of benzene rings is 3. The zero-order valence-corrected chi connectivity index (χ0v) is 19.2. The number of likely N-dealkylation sites (tertiary alicyclic amines) is 1. The number of amides is 2. The third-order valence-corrected chi connectivity index (χ3v) is 6.05. The lowest BCUT2D eigenvalue weighted by Gasteiger charge is -2.32. The minimum Gasteiger partial charge on any atom is -0.427 e. The molecule has 1 aliphatic heterocycles. The van der Waals surface area contributed by atoms with Gasteiger partial charge in [-0.15, -0.1) is 0 Å². The highest BCUT2D eigenvalue weighted by molar-refractivity contribution is 5.95. The molecule has 0 saturated carbocycles. The fraction of sp³-hybridized carbons (Fsp3) is 0.250. The second kappa shape index (κ2) is 10.8. The van der Waals surface area contributed by atoms with Crippen LogP contribution < -0.4 is 10.1 Å². The first kappa shape index (κ1) is 23.2. The summed E-state index contributed by atoms with van der Waals surface area (Å²) >= 11 is 0. The molecule has 3 aromatic rings. The van der Waals surface area contributed by atoms with Crippen LogP contribution in [0.1, 0.15) is 40.5 Å². The molecular formula is C28H28N2O4. The summed E-state index contributed by atoms with van der Waals surface area (Å²) in [5.41, 5.74) is 3.34. The number of carbonyl (C=O) groups excluding carboxylic acids is 3. The van der Waals surface area contributed by atoms with Gasteiger partial charge in [-0.3, -0.25) is 14.4 Å². The number of nitrogens with one attached hydrogen (secondary N) is 1. The van der Waals surface area contributed by atoms with Crippen LogP contribution in [0, 0.1) is 5.92 Å². The van der Waals surface area contributed by atoms with Crippen LogP contribution in [0.2, 0.25) is 0 Å². The summed E-state index contributed by atoms with van der Waals surface area (Å²) in [5, 5.41) is 3.04. The minimum absolute atomic E-state index is 0.0741. The molecule has 6 heteroatoms. The number of piperidine rings is 1. The van der Waals surface area contributed by atoms with Gasteiger partial charge in [-0.25, -0.2) is 0 Å². The Bertz CT molecular complexity index is 1150. The molecule has 0 unspecified atom stereocenters. The average Bonchev–Trinajstić information content (AvgIpc) is 2.87. The fourth-order valence-corrected chi connectivity index (χ4v) is 4.17. The van der Waals surface area contributed by atoms with Gasteiger partial charge in [0.25, 0.3) is 11.8 Å². The molecule has 0 radical (unpaired) electrons. The highest BCUT2D eigenvalue weighted by Gasteiger charge is 2.24. The van der Waals surface area contributed by atoms with Crippen LogP contribution in [-0.2, 0) is 4.79 Å². The maximum atomic E-state index is 12.8. The summed E-state index contributed by atoms with van der Waals surface area (Å²) < 4.78 is 5.08. The summed E-state index contributed by atoms with van der Waals surface area (Å²) in [6.45, 7) is 3.17. The number of ether oxygens (including phenoxy) is 1. The van der Waals surface area contributed by atoms with Crippen molar-refractivity contribution in [3.05, 3.63) is 90.0 Å². The summed E-state index contributed by atoms with van der Waals surface area (Å²) in [6.07, 6.45) is 1.64. The lowest BCUT2D eigenvalue weighted by atomic mass is 9.96. The number of hydrogen-bond acceptors (Lipinski definition) is 4. The third kappa shape index (κ3) is 5.90. The van der Waals surface area contributed by atoms with Crippen molar-refractivity contribution in [1.29, 1.82) is 0 Å². The van der Waals surface area contributed by atoms with Gasteiger partial charge in [0.2, 0.25) is 0 Å². The molecule has 3 aromatic carbocycles. The number of carbonyl (C=O) groups is 3. The molecule has 1 heterocycles. The molecule has 6 nitrogen and oxygen atoms in total. The Labute approximate surface area is 199 Å². The van der Waals surface area contributed by atoms with E-state index in [0.717, 1.165) is 24.0 Å². The van der Waals surface area contributed by atoms with E-state index in [9.17, 15) is 14.4 Å². The van der Waals surface area contributed by atoms with Gasteiger partial charge in [0.1, 0.15) is 5.75 Å². The summed E-state index contributed by atoms with van der Waals surface area (Å²) in [7, 11) is 0. The van der Waals surface area contributed by atoms with Crippen LogP contribution in [0.3, 0.4) is 0 Å². The lowest BCUT2D eigenvalue weighted by molar-refractivity contribution is -0.131. The van der Waals surface area contributed by atoms with Gasteiger partial charge in [-0.05, 0) is 60.2 Å². The first-order chi connectivity index (χ1) is 16.5. The zero-order valence-electron chi connectivity index (χ0n) is 19.2. The van der Waals surface area contributed by atoms with Gasteiger partial charge in [0.15, 0.2) is 0 Å². The van der Waals surface area contributed by atoms with Crippen molar-refractivity contribution in [2.24, 2.45) is 5.92 Å². The van der Waals surface area contributed by atoms with Crippen LogP contribution in [0.4, 0.5) is 0 Å². The van der Waals surface area contributed by atoms with Crippen molar-refractivity contribution in [3.8, 4) is 16.9 Å². The Kier molecular flexibility index (Phi) is 7.38. The number of rotatable bonds is 6. The molecule has 0 spiro atoms. The van der Waals surface area contributed by atoms with E-state index in [1.807, 2.05) is 59.5 Å². The average molecular weight is 457 g/mol. The smallest absolute Gasteiger partial charge is 0.308 e. The van der Waals surface area contributed by atoms with E-state index < -0.39 is 5.97 Å². The highest BCUT2D eigenvalue weighted by Crippen LogP contribution is 2.22. The minimum atomic E-state index is -0.417. The normalized spacial score (nSPS) is 13.9. The lowest BCUT2D eigenvalue weighted by Crippen LogP contribution is -2.41. The van der Waals surface area contributed by atoms with Crippen molar-refractivity contribution in [2.45, 2.75) is 19.8 Å². The van der Waals surface area contributed by atoms with Gasteiger partial charge in [0, 0.05) is 37.7 Å². The Morgan fingerprint density at radius 3 is 2.21 bits per heavy atom. The molecule has 0 aromatic heterocycles. The van der Waals surface area contributed by atoms with E-state index in [1.165, 1.54) is 6.92 Å². The molecule has 1 saturated heterocycles. The van der Waals surface area contributed by atoms with Crippen molar-refractivity contribution < 1.29 is 19.1 Å². The topological polar surface area (TPSA) is 75.7 Å². The van der Waals surface area contributed by atoms with Gasteiger partial charge < -0.3 is 15.0 Å². The zero-order chi connectivity index (χ0) is 23.9. The Hall–Kier alpha value is -3.93. The second-order valence-corrected chi connectivity index (χ2v) is 8.51. The summed E-state index contributed by atoms with van der Waals surface area (Å²) in [4.78, 5) is 38.4. The van der Waals surface area contributed by atoms with E-state index in [2.05, 4.69) is 5.32 Å². The van der Waals surface area contributed by atoms with Crippen LogP contribution in [0.5, 0.6) is 5.75 Å². The van der Waals surface area contributed by atoms with Gasteiger partial charge in [0.05, 0.1) is 0 Å². The van der Waals surface area contributed by atoms with Crippen LogP contribution >= 0.6 is 0 Å². The van der Waals surface area contributed by atoms with Crippen molar-refractivity contribution in [3.63, 3.8) is 0 Å². The van der Waals surface area contributed by atoms with E-state index >= 15 is 0 Å². The largest absolute Gasteiger partial charge is 0.427 e. The molecule has 1 N–H and O–H groups in total. The second-order valence-electron chi connectivity index (χ2n) is 8.51. The Morgan fingerprint density at radius 2 is 1.53 bits per heavy atom. The number of nitrogens with zero attached hydrogens (tertiary/aromatic N) is 1. The molecule has 0 aliphatic carbocycles. The molecule has 2 amide bonds. The van der Waals surface area contributed by atoms with Crippen molar-refractivity contribution >= 4 is 17.8 Å². The monoisotopic (exact) mass is 456 g/mol. The van der Waals surface area contributed by atoms with E-state index in [4.69, 9.17) is 4.74 Å². The molecule has 1 aliphatic rings. The molecule has 34 heavy (non-hydrogen) atoms. The Balaban J connectivity index is 1.25. The maximum absolute atomic E-state index is 12.8. The van der Waals surface area contributed by atoms with Crippen LogP contribution in [-0.4, -0.2) is 42.3 Å². The van der Waals surface area contributed by atoms with Crippen molar-refractivity contribution in [1.82, 2.24) is 10.2 Å². The predicted octanol–water partition coefficient (Wildman–Crippen LogP) is 4.56. The molecule has 1 fully saturated rings. The standard InChI is InChI=1S/C28H28N2O4/c1-20(31)34-26-9-5-8-25(18-26)28(33)30-16-14-21(15-17-30)19-29-27(32)24-12-10-23(11-13-24)22-6-3-2-4-7-22/h2-13,18,21H,14-17,19H2,1H3,(H,29,32). The summed E-state index contributed by atoms with van der Waals surface area (Å²) in [5.74, 6) is 0.117. The summed E-state index contributed by atoms with van der Waals surface area (Å²) in [6, 6.07) is 24.4. The third-order valence-electron chi connectivity index (χ3n) is 6.05. The molecule has 0 bridgehead atoms. The van der Waals surface area contributed by atoms with E-state index in [-0.39, 0.29) is 11.8 Å². The van der Waals surface area contributed by atoms with Crippen molar-refractivity contribution in [2.75, 3.05) is 19.6 Å². The predicted molar refractivity (Wildman–Crippen MR) is 131 cm³/mol. The van der Waals surface area contributed by atoms with Crippen LogP contribution in [0.25, 0.3) is 11.1 Å². The molecule has 174 valence electrons. The van der Waals surface area contributed by atoms with E-state index in [0.29, 0.717) is 42.4 Å². The fourth-order valence-electron chi connectivity index (χ4n) is 4.17. The maximum Gasteiger partial charge on any atom is 0.308 e. The number of hydrogen-bond donors (Lipinski definition) is 1. The molecular weight excluding hydrogens is 428 g/mol. The van der Waals surface area contributed by atoms with E-state index in [1.54, 1.807) is 24.3 Å². The first-order valence-electron chi connectivity index (χ1n) is 11.5. The highest BCUT2D eigenvalue weighted by atomic mass is 16.5. The number of esters is 1. The van der Waals surface area contributed by atoms with Gasteiger partial charge >= 0.3 is 5.97 Å². The van der Waals surface area contributed by atoms with Crippen LogP contribution in [0.15, 0.2) is 78.9 Å². The quantitative estimate of drug-likeness (QED) is 0.436.